The maximum Gasteiger partial charge on any atom is 0.475 e. The molecule has 2 atom stereocenters. The van der Waals surface area contributed by atoms with E-state index in [9.17, 15) is 4.57 Å². The molecule has 0 fully saturated rings. The van der Waals surface area contributed by atoms with Gasteiger partial charge in [0.2, 0.25) is 0 Å². The lowest BCUT2D eigenvalue weighted by Crippen LogP contribution is -2.04. The summed E-state index contributed by atoms with van der Waals surface area (Å²) in [5.41, 5.74) is 0. The molecule has 0 aliphatic heterocycles. The fraction of sp³-hybridized carbons (Fsp3) is 0.333. The van der Waals surface area contributed by atoms with Gasteiger partial charge in [-0.2, -0.15) is 0 Å². The molecule has 13 heavy (non-hydrogen) atoms. The summed E-state index contributed by atoms with van der Waals surface area (Å²) in [6.07, 6.45) is 2.62. The third-order valence-corrected chi connectivity index (χ3v) is 3.52. The first-order chi connectivity index (χ1) is 5.91. The molecule has 0 saturated heterocycles. The van der Waals surface area contributed by atoms with Crippen LogP contribution in [0.3, 0.4) is 0 Å². The molecule has 0 aromatic carbocycles. The lowest BCUT2D eigenvalue weighted by Gasteiger charge is -2.15. The number of hydrogen-bond donors (Lipinski definition) is 1. The molecule has 4 nitrogen and oxygen atoms in total. The average Bonchev–Trinajstić information content (AvgIpc) is 2.02. The maximum absolute atomic E-state index is 11.1. The highest BCUT2D eigenvalue weighted by Gasteiger charge is 2.26. The molecule has 0 saturated carbocycles. The van der Waals surface area contributed by atoms with Crippen molar-refractivity contribution in [3.8, 4) is 0 Å². The Bertz CT molecular complexity index is 213. The summed E-state index contributed by atoms with van der Waals surface area (Å²) in [6.45, 7) is 6.71. The number of rotatable bonds is 6. The van der Waals surface area contributed by atoms with Crippen LogP contribution in [0.1, 0.15) is 0 Å². The molecule has 0 heterocycles. The lowest BCUT2D eigenvalue weighted by atomic mass is 10.7. The molecule has 0 bridgehead atoms. The second kappa shape index (κ2) is 6.11. The van der Waals surface area contributed by atoms with Gasteiger partial charge in [0.1, 0.15) is 10.0 Å². The van der Waals surface area contributed by atoms with E-state index in [1.54, 1.807) is 0 Å². The summed E-state index contributed by atoms with van der Waals surface area (Å²) in [6, 6.07) is 0. The van der Waals surface area contributed by atoms with Crippen LogP contribution in [0.15, 0.2) is 25.3 Å². The molecule has 0 aliphatic carbocycles. The van der Waals surface area contributed by atoms with Crippen LogP contribution in [-0.2, 0) is 13.6 Å². The first-order valence-corrected chi connectivity index (χ1v) is 6.47. The summed E-state index contributed by atoms with van der Waals surface area (Å²) in [4.78, 5) is 9.07. The third kappa shape index (κ3) is 6.60. The van der Waals surface area contributed by atoms with Crippen molar-refractivity contribution in [2.24, 2.45) is 0 Å². The van der Waals surface area contributed by atoms with Crippen molar-refractivity contribution in [3.63, 3.8) is 0 Å². The predicted molar refractivity (Wildman–Crippen MR) is 57.8 cm³/mol. The Hall–Kier alpha value is 0.550. The van der Waals surface area contributed by atoms with E-state index < -0.39 is 17.8 Å². The summed E-state index contributed by atoms with van der Waals surface area (Å²) in [7, 11) is -4.07. The lowest BCUT2D eigenvalue weighted by molar-refractivity contribution is 0.159. The van der Waals surface area contributed by atoms with Crippen molar-refractivity contribution in [1.82, 2.24) is 0 Å². The Kier molecular flexibility index (Phi) is 6.37. The zero-order chi connectivity index (χ0) is 10.5. The minimum Gasteiger partial charge on any atom is -0.302 e. The molecule has 0 aromatic heterocycles. The molecule has 0 aliphatic rings. The number of alkyl halides is 2. The van der Waals surface area contributed by atoms with E-state index in [2.05, 4.69) is 54.1 Å². The first-order valence-electron chi connectivity index (χ1n) is 3.14. The number of phosphoric acid groups is 1. The van der Waals surface area contributed by atoms with Gasteiger partial charge in [-0.1, -0.05) is 57.2 Å². The second-order valence-electron chi connectivity index (χ2n) is 1.85. The van der Waals surface area contributed by atoms with E-state index >= 15 is 0 Å². The standard InChI is InChI=1S/C6H9Br2O4P/c1-3-5(7)11-13(9,10)12-6(8)4-2/h3-6H,1-2H2,(H,9,10). The molecular formula is C6H9Br2O4P. The van der Waals surface area contributed by atoms with E-state index in [0.29, 0.717) is 0 Å². The Morgan fingerprint density at radius 3 is 1.77 bits per heavy atom. The number of halogens is 2. The fourth-order valence-corrected chi connectivity index (χ4v) is 2.36. The van der Waals surface area contributed by atoms with Gasteiger partial charge < -0.3 is 4.89 Å². The summed E-state index contributed by atoms with van der Waals surface area (Å²) in [5.74, 6) is 0. The number of phosphoric ester groups is 1. The van der Waals surface area contributed by atoms with E-state index in [0.717, 1.165) is 0 Å². The Morgan fingerprint density at radius 2 is 1.54 bits per heavy atom. The summed E-state index contributed by atoms with van der Waals surface area (Å²) >= 11 is 5.86. The van der Waals surface area contributed by atoms with Gasteiger partial charge in [-0.25, -0.2) is 4.57 Å². The van der Waals surface area contributed by atoms with Gasteiger partial charge in [-0.05, 0) is 0 Å². The van der Waals surface area contributed by atoms with E-state index in [1.165, 1.54) is 12.2 Å². The van der Waals surface area contributed by atoms with Crippen molar-refractivity contribution in [2.75, 3.05) is 0 Å². The van der Waals surface area contributed by atoms with Gasteiger partial charge in [-0.15, -0.1) is 0 Å². The summed E-state index contributed by atoms with van der Waals surface area (Å²) < 4.78 is 20.2. The smallest absolute Gasteiger partial charge is 0.302 e. The Balaban J connectivity index is 4.15. The fourth-order valence-electron chi connectivity index (χ4n) is 0.365. The molecule has 0 rings (SSSR count). The zero-order valence-electron chi connectivity index (χ0n) is 6.60. The van der Waals surface area contributed by atoms with Crippen LogP contribution < -0.4 is 0 Å². The summed E-state index contributed by atoms with van der Waals surface area (Å²) in [5, 5.41) is -1.46. The SMILES string of the molecule is C=CC(Br)OP(=O)(O)OC(Br)C=C. The van der Waals surface area contributed by atoms with E-state index in [-0.39, 0.29) is 0 Å². The van der Waals surface area contributed by atoms with E-state index in [4.69, 9.17) is 4.89 Å². The van der Waals surface area contributed by atoms with Gasteiger partial charge in [0, 0.05) is 0 Å². The van der Waals surface area contributed by atoms with Crippen LogP contribution in [0.25, 0.3) is 0 Å². The average molecular weight is 336 g/mol. The Labute approximate surface area is 93.5 Å². The molecule has 0 radical (unpaired) electrons. The van der Waals surface area contributed by atoms with Crippen LogP contribution in [0.2, 0.25) is 0 Å². The van der Waals surface area contributed by atoms with Crippen molar-refractivity contribution in [2.45, 2.75) is 10.0 Å². The van der Waals surface area contributed by atoms with Crippen molar-refractivity contribution >= 4 is 39.7 Å². The van der Waals surface area contributed by atoms with Crippen LogP contribution >= 0.6 is 39.7 Å². The Morgan fingerprint density at radius 1 is 1.23 bits per heavy atom. The molecular weight excluding hydrogens is 327 g/mol. The molecule has 0 aromatic rings. The van der Waals surface area contributed by atoms with Gasteiger partial charge in [0.05, 0.1) is 0 Å². The van der Waals surface area contributed by atoms with Crippen LogP contribution in [0.5, 0.6) is 0 Å². The quantitative estimate of drug-likeness (QED) is 0.460. The van der Waals surface area contributed by atoms with Gasteiger partial charge in [0.15, 0.2) is 0 Å². The van der Waals surface area contributed by atoms with Gasteiger partial charge in [-0.3, -0.25) is 9.05 Å². The normalized spacial score (nSPS) is 19.9. The zero-order valence-corrected chi connectivity index (χ0v) is 10.7. The van der Waals surface area contributed by atoms with E-state index in [1.807, 2.05) is 0 Å². The molecule has 0 amide bonds. The second-order valence-corrected chi connectivity index (χ2v) is 5.02. The minimum atomic E-state index is -4.07. The highest BCUT2D eigenvalue weighted by molar-refractivity contribution is 9.09. The molecule has 2 unspecified atom stereocenters. The van der Waals surface area contributed by atoms with Crippen LogP contribution in [-0.4, -0.2) is 14.9 Å². The number of hydrogen-bond acceptors (Lipinski definition) is 3. The van der Waals surface area contributed by atoms with Crippen LogP contribution in [0.4, 0.5) is 0 Å². The first kappa shape index (κ1) is 13.5. The molecule has 7 heteroatoms. The third-order valence-electron chi connectivity index (χ3n) is 0.838. The highest BCUT2D eigenvalue weighted by atomic mass is 79.9. The van der Waals surface area contributed by atoms with Gasteiger partial charge in [0.25, 0.3) is 0 Å². The van der Waals surface area contributed by atoms with Crippen molar-refractivity contribution in [3.05, 3.63) is 25.3 Å². The van der Waals surface area contributed by atoms with Crippen molar-refractivity contribution < 1.29 is 18.5 Å². The predicted octanol–water partition coefficient (Wildman–Crippen LogP) is 2.93. The minimum absolute atomic E-state index is 0.729. The largest absolute Gasteiger partial charge is 0.475 e. The highest BCUT2D eigenvalue weighted by Crippen LogP contribution is 2.47. The molecule has 0 spiro atoms. The molecule has 76 valence electrons. The molecule has 1 N–H and O–H groups in total. The van der Waals surface area contributed by atoms with Crippen LogP contribution in [0, 0.1) is 0 Å². The van der Waals surface area contributed by atoms with Gasteiger partial charge >= 0.3 is 7.82 Å². The maximum atomic E-state index is 11.1. The topological polar surface area (TPSA) is 55.8 Å². The monoisotopic (exact) mass is 334 g/mol. The van der Waals surface area contributed by atoms with Crippen molar-refractivity contribution in [1.29, 1.82) is 0 Å².